The van der Waals surface area contributed by atoms with Gasteiger partial charge in [0.1, 0.15) is 0 Å². The molecule has 0 saturated heterocycles. The second-order valence-electron chi connectivity index (χ2n) is 5.29. The van der Waals surface area contributed by atoms with Crippen LogP contribution in [0.15, 0.2) is 48.5 Å². The molecule has 2 rings (SSSR count). The van der Waals surface area contributed by atoms with Gasteiger partial charge < -0.3 is 25.2 Å². The zero-order valence-corrected chi connectivity index (χ0v) is 15.9. The van der Waals surface area contributed by atoms with Crippen LogP contribution in [0.25, 0.3) is 0 Å². The van der Waals surface area contributed by atoms with Gasteiger partial charge in [0.2, 0.25) is 12.2 Å². The third-order valence-electron chi connectivity index (χ3n) is 3.42. The topological polar surface area (TPSA) is 159 Å². The molecule has 0 fully saturated rings. The van der Waals surface area contributed by atoms with Crippen molar-refractivity contribution < 1.29 is 44.3 Å². The average molecular weight is 445 g/mol. The van der Waals surface area contributed by atoms with Crippen LogP contribution in [0.2, 0.25) is 10.0 Å². The van der Waals surface area contributed by atoms with Gasteiger partial charge in [-0.05, 0) is 24.3 Å². The maximum Gasteiger partial charge on any atom is 0.349 e. The Labute approximate surface area is 173 Å². The van der Waals surface area contributed by atoms with Crippen molar-refractivity contribution in [2.24, 2.45) is 0 Å². The fourth-order valence-electron chi connectivity index (χ4n) is 2.09. The van der Waals surface area contributed by atoms with E-state index in [0.29, 0.717) is 0 Å². The molecule has 29 heavy (non-hydrogen) atoms. The predicted octanol–water partition coefficient (Wildman–Crippen LogP) is 2.09. The Balaban J connectivity index is 0.00000420. The van der Waals surface area contributed by atoms with Crippen LogP contribution >= 0.6 is 23.2 Å². The van der Waals surface area contributed by atoms with E-state index in [9.17, 15) is 29.4 Å². The molecule has 0 spiro atoms. The summed E-state index contributed by atoms with van der Waals surface area (Å²) in [6.07, 6.45) is -4.65. The third-order valence-corrected chi connectivity index (χ3v) is 4.08. The highest BCUT2D eigenvalue weighted by Gasteiger charge is 2.41. The van der Waals surface area contributed by atoms with Crippen molar-refractivity contribution in [1.82, 2.24) is 0 Å². The lowest BCUT2D eigenvalue weighted by Crippen LogP contribution is -2.45. The van der Waals surface area contributed by atoms with Gasteiger partial charge in [0.25, 0.3) is 0 Å². The van der Waals surface area contributed by atoms with Gasteiger partial charge in [0.05, 0.1) is 21.2 Å². The maximum absolute atomic E-state index is 12.2. The molecule has 0 bridgehead atoms. The summed E-state index contributed by atoms with van der Waals surface area (Å²) in [5, 5.41) is 18.5. The van der Waals surface area contributed by atoms with Crippen molar-refractivity contribution in [3.63, 3.8) is 0 Å². The van der Waals surface area contributed by atoms with Gasteiger partial charge in [0, 0.05) is 0 Å². The van der Waals surface area contributed by atoms with E-state index in [1.54, 1.807) is 0 Å². The molecule has 154 valence electrons. The number of halogens is 2. The number of hydrogen-bond donors (Lipinski definition) is 2. The molecule has 2 aromatic carbocycles. The summed E-state index contributed by atoms with van der Waals surface area (Å²) in [4.78, 5) is 47.4. The zero-order chi connectivity index (χ0) is 20.8. The second-order valence-corrected chi connectivity index (χ2v) is 6.10. The molecule has 0 aliphatic rings. The molecule has 0 unspecified atom stereocenters. The number of carbonyl (C=O) groups is 4. The Kier molecular flexibility index (Phi) is 8.58. The van der Waals surface area contributed by atoms with E-state index in [4.69, 9.17) is 32.7 Å². The summed E-state index contributed by atoms with van der Waals surface area (Å²) >= 11 is 11.7. The first kappa shape index (κ1) is 23.9. The van der Waals surface area contributed by atoms with Gasteiger partial charge in [-0.1, -0.05) is 47.5 Å². The second kappa shape index (κ2) is 10.4. The van der Waals surface area contributed by atoms with E-state index in [1.807, 2.05) is 0 Å². The van der Waals surface area contributed by atoms with E-state index in [1.165, 1.54) is 48.5 Å². The molecule has 0 heterocycles. The molecule has 11 heteroatoms. The molecular formula is C18H14Cl2O9. The third kappa shape index (κ3) is 5.92. The number of carboxylic acid groups (broad SMARTS) is 2. The molecule has 9 nitrogen and oxygen atoms in total. The van der Waals surface area contributed by atoms with E-state index < -0.39 is 36.1 Å². The van der Waals surface area contributed by atoms with Crippen LogP contribution in [-0.2, 0) is 19.1 Å². The lowest BCUT2D eigenvalue weighted by molar-refractivity contribution is -0.166. The summed E-state index contributed by atoms with van der Waals surface area (Å²) in [6.45, 7) is 0. The molecule has 0 aliphatic carbocycles. The van der Waals surface area contributed by atoms with Gasteiger partial charge >= 0.3 is 23.9 Å². The minimum atomic E-state index is -2.33. The summed E-state index contributed by atoms with van der Waals surface area (Å²) in [6, 6.07) is 11.2. The quantitative estimate of drug-likeness (QED) is 0.613. The first-order valence-corrected chi connectivity index (χ1v) is 8.34. The molecule has 0 radical (unpaired) electrons. The van der Waals surface area contributed by atoms with Crippen molar-refractivity contribution in [2.45, 2.75) is 12.2 Å². The van der Waals surface area contributed by atoms with Crippen LogP contribution in [0.1, 0.15) is 20.7 Å². The van der Waals surface area contributed by atoms with Crippen LogP contribution in [0.3, 0.4) is 0 Å². The molecular weight excluding hydrogens is 431 g/mol. The van der Waals surface area contributed by atoms with Crippen molar-refractivity contribution in [3.8, 4) is 0 Å². The van der Waals surface area contributed by atoms with E-state index >= 15 is 0 Å². The Hall–Kier alpha value is -3.14. The van der Waals surface area contributed by atoms with Crippen LogP contribution in [0.5, 0.6) is 0 Å². The first-order chi connectivity index (χ1) is 13.2. The molecule has 0 aliphatic heterocycles. The smallest absolute Gasteiger partial charge is 0.349 e. The van der Waals surface area contributed by atoms with Crippen molar-refractivity contribution in [2.75, 3.05) is 0 Å². The number of carboxylic acids is 2. The molecule has 4 N–H and O–H groups in total. The summed E-state index contributed by atoms with van der Waals surface area (Å²) < 4.78 is 9.51. The lowest BCUT2D eigenvalue weighted by atomic mass is 10.1. The van der Waals surface area contributed by atoms with E-state index in [0.717, 1.165) is 0 Å². The number of ether oxygens (including phenoxy) is 2. The fraction of sp³-hybridized carbons (Fsp3) is 0.111. The molecule has 0 amide bonds. The fourth-order valence-corrected chi connectivity index (χ4v) is 2.52. The Morgan fingerprint density at radius 1 is 0.690 bits per heavy atom. The molecule has 2 aromatic rings. The van der Waals surface area contributed by atoms with Gasteiger partial charge in [-0.2, -0.15) is 0 Å². The monoisotopic (exact) mass is 444 g/mol. The van der Waals surface area contributed by atoms with Gasteiger partial charge in [-0.15, -0.1) is 0 Å². The normalized spacial score (nSPS) is 12.1. The van der Waals surface area contributed by atoms with Gasteiger partial charge in [-0.3, -0.25) is 0 Å². The lowest BCUT2D eigenvalue weighted by Gasteiger charge is -2.21. The zero-order valence-electron chi connectivity index (χ0n) is 14.4. The van der Waals surface area contributed by atoms with Gasteiger partial charge in [0.15, 0.2) is 0 Å². The average Bonchev–Trinajstić information content (AvgIpc) is 2.64. The predicted molar refractivity (Wildman–Crippen MR) is 100 cm³/mol. The van der Waals surface area contributed by atoms with Crippen LogP contribution in [0, 0.1) is 0 Å². The van der Waals surface area contributed by atoms with Crippen molar-refractivity contribution in [3.05, 3.63) is 69.7 Å². The van der Waals surface area contributed by atoms with E-state index in [-0.39, 0.29) is 26.6 Å². The summed E-state index contributed by atoms with van der Waals surface area (Å²) in [7, 11) is 0. The number of aliphatic carboxylic acids is 2. The maximum atomic E-state index is 12.2. The van der Waals surface area contributed by atoms with Crippen molar-refractivity contribution in [1.29, 1.82) is 0 Å². The highest BCUT2D eigenvalue weighted by atomic mass is 35.5. The van der Waals surface area contributed by atoms with E-state index in [2.05, 4.69) is 0 Å². The Morgan fingerprint density at radius 2 is 1.00 bits per heavy atom. The van der Waals surface area contributed by atoms with Crippen LogP contribution in [0.4, 0.5) is 0 Å². The number of hydrogen-bond acceptors (Lipinski definition) is 6. The summed E-state index contributed by atoms with van der Waals surface area (Å²) in [5.41, 5.74) is -0.367. The number of esters is 2. The molecule has 2 atom stereocenters. The number of carbonyl (C=O) groups excluding carboxylic acids is 2. The molecule has 0 aromatic heterocycles. The van der Waals surface area contributed by atoms with Gasteiger partial charge in [-0.25, -0.2) is 19.2 Å². The SMILES string of the molecule is O.O=C(O[C@@H](C(=O)O)[C@@H](OC(=O)c1ccccc1Cl)C(=O)O)c1ccccc1Cl. The Bertz CT molecular complexity index is 854. The van der Waals surface area contributed by atoms with Crippen molar-refractivity contribution >= 4 is 47.1 Å². The minimum Gasteiger partial charge on any atom is -0.478 e. The standard InChI is InChI=1S/C18H12Cl2O8.H2O/c19-11-7-3-1-5-9(11)17(25)27-13(15(21)22)14(16(23)24)28-18(26)10-6-2-4-8-12(10)20;/h1-8,13-14H,(H,21,22)(H,23,24);1H2/t13-,14-;/m1./s1. The first-order valence-electron chi connectivity index (χ1n) is 7.59. The Morgan fingerprint density at radius 3 is 1.28 bits per heavy atom. The largest absolute Gasteiger partial charge is 0.478 e. The summed E-state index contributed by atoms with van der Waals surface area (Å²) in [5.74, 6) is -6.06. The number of rotatable bonds is 7. The highest BCUT2D eigenvalue weighted by Crippen LogP contribution is 2.20. The highest BCUT2D eigenvalue weighted by molar-refractivity contribution is 6.34. The number of benzene rings is 2. The van der Waals surface area contributed by atoms with Crippen LogP contribution in [-0.4, -0.2) is 51.8 Å². The molecule has 0 saturated carbocycles. The minimum absolute atomic E-state index is 0. The van der Waals surface area contributed by atoms with Crippen LogP contribution < -0.4 is 0 Å².